The number of amides is 2. The number of nitrogens with one attached hydrogen (secondary N) is 2. The molecule has 0 radical (unpaired) electrons. The molecule has 1 saturated carbocycles. The van der Waals surface area contributed by atoms with E-state index in [2.05, 4.69) is 10.6 Å². The summed E-state index contributed by atoms with van der Waals surface area (Å²) >= 11 is 0. The second-order valence-electron chi connectivity index (χ2n) is 7.61. The van der Waals surface area contributed by atoms with Crippen LogP contribution >= 0.6 is 0 Å². The van der Waals surface area contributed by atoms with E-state index in [1.165, 1.54) is 0 Å². The average Bonchev–Trinajstić information content (AvgIpc) is 2.70. The zero-order valence-corrected chi connectivity index (χ0v) is 16.5. The smallest absolute Gasteiger partial charge is 0.227 e. The molecule has 2 aromatic carbocycles. The number of hydrogen-bond acceptors (Lipinski definition) is 3. The van der Waals surface area contributed by atoms with Gasteiger partial charge in [0.25, 0.3) is 0 Å². The first-order valence-corrected chi connectivity index (χ1v) is 9.96. The summed E-state index contributed by atoms with van der Waals surface area (Å²) in [6.07, 6.45) is 2.95. The number of hydrogen-bond donors (Lipinski definition) is 2. The van der Waals surface area contributed by atoms with Crippen LogP contribution in [0.1, 0.15) is 39.5 Å². The fraction of sp³-hybridized carbons (Fsp3) is 0.391. The molecule has 3 rings (SSSR count). The third-order valence-corrected chi connectivity index (χ3v) is 5.02. The number of para-hydroxylation sites is 3. The predicted octanol–water partition coefficient (Wildman–Crippen LogP) is 4.75. The fourth-order valence-electron chi connectivity index (χ4n) is 3.53. The summed E-state index contributed by atoms with van der Waals surface area (Å²) in [6, 6.07) is 17.1. The molecule has 0 saturated heterocycles. The standard InChI is InChI=1S/C23H28N2O3/c1-16(2)24-22(26)17-12-14-18(15-13-17)23(27)25-20-10-6-7-11-21(20)28-19-8-4-3-5-9-19/h3-11,16-18H,12-15H2,1-2H3,(H,24,26)(H,25,27). The monoisotopic (exact) mass is 380 g/mol. The molecule has 0 aromatic heterocycles. The second kappa shape index (κ2) is 9.40. The van der Waals surface area contributed by atoms with Crippen molar-refractivity contribution >= 4 is 17.5 Å². The van der Waals surface area contributed by atoms with E-state index < -0.39 is 0 Å². The molecule has 0 atom stereocenters. The highest BCUT2D eigenvalue weighted by atomic mass is 16.5. The summed E-state index contributed by atoms with van der Waals surface area (Å²) in [6.45, 7) is 3.93. The Hall–Kier alpha value is -2.82. The van der Waals surface area contributed by atoms with Crippen LogP contribution in [0.2, 0.25) is 0 Å². The lowest BCUT2D eigenvalue weighted by molar-refractivity contribution is -0.128. The highest BCUT2D eigenvalue weighted by molar-refractivity contribution is 5.94. The molecule has 0 heterocycles. The van der Waals surface area contributed by atoms with Gasteiger partial charge in [-0.1, -0.05) is 30.3 Å². The zero-order valence-electron chi connectivity index (χ0n) is 16.5. The van der Waals surface area contributed by atoms with Crippen molar-refractivity contribution in [1.29, 1.82) is 0 Å². The third kappa shape index (κ3) is 5.35. The van der Waals surface area contributed by atoms with Gasteiger partial charge in [-0.05, 0) is 63.8 Å². The van der Waals surface area contributed by atoms with Crippen molar-refractivity contribution in [1.82, 2.24) is 5.32 Å². The van der Waals surface area contributed by atoms with Gasteiger partial charge in [0.15, 0.2) is 5.75 Å². The van der Waals surface area contributed by atoms with Crippen molar-refractivity contribution in [3.63, 3.8) is 0 Å². The van der Waals surface area contributed by atoms with Gasteiger partial charge in [0.05, 0.1) is 5.69 Å². The van der Waals surface area contributed by atoms with Gasteiger partial charge in [-0.3, -0.25) is 9.59 Å². The Labute approximate surface area is 166 Å². The normalized spacial score (nSPS) is 19.1. The van der Waals surface area contributed by atoms with Crippen molar-refractivity contribution in [2.24, 2.45) is 11.8 Å². The van der Waals surface area contributed by atoms with E-state index in [0.717, 1.165) is 31.4 Å². The molecule has 5 nitrogen and oxygen atoms in total. The highest BCUT2D eigenvalue weighted by Crippen LogP contribution is 2.33. The molecule has 1 aliphatic rings. The first-order chi connectivity index (χ1) is 13.5. The third-order valence-electron chi connectivity index (χ3n) is 5.02. The lowest BCUT2D eigenvalue weighted by Gasteiger charge is -2.27. The van der Waals surface area contributed by atoms with E-state index in [-0.39, 0.29) is 29.7 Å². The van der Waals surface area contributed by atoms with Crippen molar-refractivity contribution in [3.8, 4) is 11.5 Å². The van der Waals surface area contributed by atoms with Crippen molar-refractivity contribution in [2.75, 3.05) is 5.32 Å². The summed E-state index contributed by atoms with van der Waals surface area (Å²) in [5.41, 5.74) is 0.663. The number of carbonyl (C=O) groups excluding carboxylic acids is 2. The van der Waals surface area contributed by atoms with E-state index >= 15 is 0 Å². The number of carbonyl (C=O) groups is 2. The maximum absolute atomic E-state index is 12.8. The topological polar surface area (TPSA) is 67.4 Å². The molecule has 2 amide bonds. The first-order valence-electron chi connectivity index (χ1n) is 9.96. The zero-order chi connectivity index (χ0) is 19.9. The minimum absolute atomic E-state index is 0.00757. The van der Waals surface area contributed by atoms with E-state index in [1.807, 2.05) is 68.4 Å². The minimum atomic E-state index is -0.0760. The summed E-state index contributed by atoms with van der Waals surface area (Å²) in [5.74, 6) is 1.38. The molecule has 2 N–H and O–H groups in total. The molecule has 28 heavy (non-hydrogen) atoms. The van der Waals surface area contributed by atoms with Gasteiger partial charge in [-0.25, -0.2) is 0 Å². The quantitative estimate of drug-likeness (QED) is 0.760. The molecule has 2 aromatic rings. The largest absolute Gasteiger partial charge is 0.455 e. The summed E-state index contributed by atoms with van der Waals surface area (Å²) in [4.78, 5) is 24.9. The lowest BCUT2D eigenvalue weighted by Crippen LogP contribution is -2.38. The maximum Gasteiger partial charge on any atom is 0.227 e. The Morgan fingerprint density at radius 2 is 1.43 bits per heavy atom. The van der Waals surface area contributed by atoms with Gasteiger partial charge >= 0.3 is 0 Å². The number of benzene rings is 2. The Balaban J connectivity index is 1.58. The van der Waals surface area contributed by atoms with Crippen LogP contribution in [-0.2, 0) is 9.59 Å². The average molecular weight is 380 g/mol. The second-order valence-corrected chi connectivity index (χ2v) is 7.61. The summed E-state index contributed by atoms with van der Waals surface area (Å²) in [5, 5.41) is 5.98. The molecule has 0 unspecified atom stereocenters. The molecule has 0 bridgehead atoms. The van der Waals surface area contributed by atoms with Crippen LogP contribution in [0.3, 0.4) is 0 Å². The minimum Gasteiger partial charge on any atom is -0.455 e. The Morgan fingerprint density at radius 1 is 0.857 bits per heavy atom. The molecule has 148 valence electrons. The van der Waals surface area contributed by atoms with Crippen LogP contribution in [0.25, 0.3) is 0 Å². The van der Waals surface area contributed by atoms with Crippen LogP contribution in [-0.4, -0.2) is 17.9 Å². The van der Waals surface area contributed by atoms with E-state index in [9.17, 15) is 9.59 Å². The Morgan fingerprint density at radius 3 is 2.07 bits per heavy atom. The number of anilines is 1. The lowest BCUT2D eigenvalue weighted by atomic mass is 9.81. The van der Waals surface area contributed by atoms with E-state index in [0.29, 0.717) is 11.4 Å². The van der Waals surface area contributed by atoms with Crippen LogP contribution in [0.15, 0.2) is 54.6 Å². The van der Waals surface area contributed by atoms with E-state index in [4.69, 9.17) is 4.74 Å². The highest BCUT2D eigenvalue weighted by Gasteiger charge is 2.30. The van der Waals surface area contributed by atoms with Gasteiger partial charge in [-0.2, -0.15) is 0 Å². The molecule has 5 heteroatoms. The maximum atomic E-state index is 12.8. The molecule has 1 fully saturated rings. The fourth-order valence-corrected chi connectivity index (χ4v) is 3.53. The van der Waals surface area contributed by atoms with Crippen LogP contribution in [0.4, 0.5) is 5.69 Å². The van der Waals surface area contributed by atoms with Crippen molar-refractivity contribution in [3.05, 3.63) is 54.6 Å². The van der Waals surface area contributed by atoms with Crippen LogP contribution < -0.4 is 15.4 Å². The van der Waals surface area contributed by atoms with Gasteiger partial charge in [-0.15, -0.1) is 0 Å². The van der Waals surface area contributed by atoms with Gasteiger partial charge in [0, 0.05) is 17.9 Å². The van der Waals surface area contributed by atoms with Crippen LogP contribution in [0, 0.1) is 11.8 Å². The SMILES string of the molecule is CC(C)NC(=O)C1CCC(C(=O)Nc2ccccc2Oc2ccccc2)CC1. The number of rotatable bonds is 6. The molecule has 0 aliphatic heterocycles. The summed E-state index contributed by atoms with van der Waals surface area (Å²) < 4.78 is 5.92. The van der Waals surface area contributed by atoms with Crippen LogP contribution in [0.5, 0.6) is 11.5 Å². The Bertz CT molecular complexity index is 797. The molecule has 1 aliphatic carbocycles. The Kier molecular flexibility index (Phi) is 6.69. The summed E-state index contributed by atoms with van der Waals surface area (Å²) in [7, 11) is 0. The molecular weight excluding hydrogens is 352 g/mol. The number of ether oxygens (including phenoxy) is 1. The van der Waals surface area contributed by atoms with Gasteiger partial charge < -0.3 is 15.4 Å². The van der Waals surface area contributed by atoms with Crippen molar-refractivity contribution in [2.45, 2.75) is 45.6 Å². The van der Waals surface area contributed by atoms with E-state index in [1.54, 1.807) is 0 Å². The van der Waals surface area contributed by atoms with Gasteiger partial charge in [0.1, 0.15) is 5.75 Å². The first kappa shape index (κ1) is 19.9. The van der Waals surface area contributed by atoms with Crippen molar-refractivity contribution < 1.29 is 14.3 Å². The molecule has 0 spiro atoms. The predicted molar refractivity (Wildman–Crippen MR) is 110 cm³/mol. The van der Waals surface area contributed by atoms with Gasteiger partial charge in [0.2, 0.25) is 11.8 Å². The molecular formula is C23H28N2O3.